The van der Waals surface area contributed by atoms with Gasteiger partial charge in [-0.2, -0.15) is 8.42 Å². The Morgan fingerprint density at radius 1 is 0.660 bits per heavy atom. The molecule has 1 atom stereocenters. The molecule has 0 bridgehead atoms. The highest BCUT2D eigenvalue weighted by atomic mass is 32.2. The van der Waals surface area contributed by atoms with Crippen molar-refractivity contribution in [1.29, 1.82) is 0 Å². The van der Waals surface area contributed by atoms with Crippen molar-refractivity contribution in [3.63, 3.8) is 0 Å². The van der Waals surface area contributed by atoms with Crippen molar-refractivity contribution < 1.29 is 22.4 Å². The Morgan fingerprint density at radius 2 is 1.15 bits per heavy atom. The van der Waals surface area contributed by atoms with Crippen LogP contribution in [0.2, 0.25) is 0 Å². The average Bonchev–Trinajstić information content (AvgIpc) is 3.09. The molecule has 1 unspecified atom stereocenters. The molecule has 6 rings (SSSR count). The first-order valence-electron chi connectivity index (χ1n) is 16.9. The van der Waals surface area contributed by atoms with Gasteiger partial charge in [0.05, 0.1) is 19.8 Å². The second kappa shape index (κ2) is 14.8. The van der Waals surface area contributed by atoms with Crippen LogP contribution in [0.1, 0.15) is 80.6 Å². The zero-order valence-corrected chi connectivity index (χ0v) is 29.1. The highest BCUT2D eigenvalue weighted by Gasteiger charge is 2.40. The van der Waals surface area contributed by atoms with Crippen molar-refractivity contribution in [2.24, 2.45) is 0 Å². The largest absolute Gasteiger partial charge is 0.496 e. The maximum Gasteiger partial charge on any atom is 0.276 e. The Kier molecular flexibility index (Phi) is 10.6. The van der Waals surface area contributed by atoms with Crippen LogP contribution in [-0.4, -0.2) is 38.5 Å². The Hall–Kier alpha value is -3.38. The summed E-state index contributed by atoms with van der Waals surface area (Å²) in [7, 11) is -2.18. The molecule has 2 aliphatic carbocycles. The maximum absolute atomic E-state index is 13.9. The number of rotatable bonds is 10. The Balaban J connectivity index is 1.70. The van der Waals surface area contributed by atoms with Gasteiger partial charge in [-0.05, 0) is 82.8 Å². The lowest BCUT2D eigenvalue weighted by molar-refractivity contribution is 0.397. The molecule has 0 spiro atoms. The number of para-hydroxylation sites is 1. The summed E-state index contributed by atoms with van der Waals surface area (Å²) in [6.45, 7) is 0. The highest BCUT2D eigenvalue weighted by Crippen LogP contribution is 2.59. The van der Waals surface area contributed by atoms with Gasteiger partial charge in [0.1, 0.15) is 16.7 Å². The second-order valence-electron chi connectivity index (χ2n) is 12.8. The number of nitrogen functional groups attached to an aromatic ring is 1. The van der Waals surface area contributed by atoms with E-state index in [0.29, 0.717) is 45.2 Å². The number of anilines is 1. The Labute approximate surface area is 281 Å². The molecule has 47 heavy (non-hydrogen) atoms. The third kappa shape index (κ3) is 6.95. The zero-order valence-electron chi connectivity index (χ0n) is 27.4. The fraction of sp³-hybridized carbons (Fsp3) is 0.385. The smallest absolute Gasteiger partial charge is 0.276 e. The van der Waals surface area contributed by atoms with Crippen LogP contribution in [0.25, 0.3) is 22.3 Å². The van der Waals surface area contributed by atoms with E-state index in [1.165, 1.54) is 38.5 Å². The van der Waals surface area contributed by atoms with Gasteiger partial charge in [-0.25, -0.2) is 0 Å². The molecular weight excluding hydrogens is 625 g/mol. The molecule has 0 heterocycles. The number of methoxy groups -OCH3 is 2. The van der Waals surface area contributed by atoms with Gasteiger partial charge in [-0.15, -0.1) is 0 Å². The van der Waals surface area contributed by atoms with Crippen LogP contribution in [0.3, 0.4) is 0 Å². The number of nitrogens with two attached hydrogens (primary N) is 1. The molecule has 6 nitrogen and oxygen atoms in total. The summed E-state index contributed by atoms with van der Waals surface area (Å²) in [5.41, 5.74) is 12.3. The zero-order chi connectivity index (χ0) is 33.0. The summed E-state index contributed by atoms with van der Waals surface area (Å²) in [5, 5.41) is -0.256. The van der Waals surface area contributed by atoms with E-state index in [1.54, 1.807) is 14.2 Å². The molecule has 2 fully saturated rings. The minimum Gasteiger partial charge on any atom is -0.496 e. The summed E-state index contributed by atoms with van der Waals surface area (Å²) in [5.74, 6) is 1.34. The summed E-state index contributed by atoms with van der Waals surface area (Å²) >= 11 is 0. The van der Waals surface area contributed by atoms with Gasteiger partial charge in [-0.3, -0.25) is 4.55 Å². The van der Waals surface area contributed by atoms with E-state index >= 15 is 0 Å². The molecule has 0 saturated heterocycles. The molecule has 2 aliphatic rings. The first-order chi connectivity index (χ1) is 22.8. The van der Waals surface area contributed by atoms with E-state index in [2.05, 4.69) is 6.07 Å². The van der Waals surface area contributed by atoms with Gasteiger partial charge < -0.3 is 15.2 Å². The molecule has 4 aromatic rings. The summed E-state index contributed by atoms with van der Waals surface area (Å²) in [4.78, 5) is 0. The lowest BCUT2D eigenvalue weighted by atomic mass is 9.92. The van der Waals surface area contributed by atoms with Crippen molar-refractivity contribution in [3.05, 3.63) is 96.1 Å². The van der Waals surface area contributed by atoms with Crippen molar-refractivity contribution >= 4 is 29.0 Å². The summed E-state index contributed by atoms with van der Waals surface area (Å²) < 4.78 is 51.0. The molecule has 0 aromatic heterocycles. The molecule has 4 aromatic carbocycles. The predicted octanol–water partition coefficient (Wildman–Crippen LogP) is 9.37. The van der Waals surface area contributed by atoms with Gasteiger partial charge in [0.25, 0.3) is 10.1 Å². The van der Waals surface area contributed by atoms with E-state index < -0.39 is 23.3 Å². The molecular formula is C39H46NO5PS. The van der Waals surface area contributed by atoms with Crippen LogP contribution >= 0.6 is 7.92 Å². The average molecular weight is 672 g/mol. The van der Waals surface area contributed by atoms with E-state index in [0.717, 1.165) is 47.7 Å². The van der Waals surface area contributed by atoms with Crippen LogP contribution in [0.5, 0.6) is 11.5 Å². The standard InChI is InChI=1S/C39H46NO5PS/c1-44-35-25-14-26-36(45-2)37(35)32-22-13-23-33(38(32)46(27-15-5-3-6-16-27)28-17-7-4-8-18-28)39(47(41,42)43)31-21-10-9-19-29(31)30-20-11-12-24-34(30)40/h9-14,19-28,39H,3-8,15-18,40H2,1-2H3,(H,41,42,43). The van der Waals surface area contributed by atoms with Crippen molar-refractivity contribution in [2.75, 3.05) is 20.0 Å². The third-order valence-corrected chi connectivity index (χ3v) is 14.8. The number of hydrogen-bond acceptors (Lipinski definition) is 5. The van der Waals surface area contributed by atoms with Gasteiger partial charge in [0.15, 0.2) is 0 Å². The van der Waals surface area contributed by atoms with E-state index in [-0.39, 0.29) is 0 Å². The molecule has 2 saturated carbocycles. The quantitative estimate of drug-likeness (QED) is 0.0991. The molecule has 8 heteroatoms. The first kappa shape index (κ1) is 33.5. The molecule has 248 valence electrons. The predicted molar refractivity (Wildman–Crippen MR) is 195 cm³/mol. The SMILES string of the molecule is COc1cccc(OC)c1-c1cccc(C(c2ccccc2-c2ccccc2N)S(=O)(=O)O)c1P(C1CCCCC1)C1CCCCC1. The van der Waals surface area contributed by atoms with Gasteiger partial charge >= 0.3 is 0 Å². The van der Waals surface area contributed by atoms with Gasteiger partial charge in [0.2, 0.25) is 0 Å². The van der Waals surface area contributed by atoms with Crippen LogP contribution in [0.4, 0.5) is 5.69 Å². The van der Waals surface area contributed by atoms with Crippen molar-refractivity contribution in [1.82, 2.24) is 0 Å². The highest BCUT2D eigenvalue weighted by molar-refractivity contribution is 7.86. The van der Waals surface area contributed by atoms with E-state index in [1.807, 2.05) is 78.9 Å². The van der Waals surface area contributed by atoms with Gasteiger partial charge in [-0.1, -0.05) is 113 Å². The maximum atomic E-state index is 13.9. The summed E-state index contributed by atoms with van der Waals surface area (Å²) in [6, 6.07) is 26.7. The molecule has 0 amide bonds. The number of hydrogen-bond donors (Lipinski definition) is 2. The molecule has 0 radical (unpaired) electrons. The fourth-order valence-corrected chi connectivity index (χ4v) is 13.2. The number of benzene rings is 4. The Bertz CT molecular complexity index is 1760. The number of ether oxygens (including phenoxy) is 2. The van der Waals surface area contributed by atoms with Crippen LogP contribution in [0, 0.1) is 0 Å². The lowest BCUT2D eigenvalue weighted by Gasteiger charge is -2.41. The van der Waals surface area contributed by atoms with Crippen LogP contribution in [-0.2, 0) is 10.1 Å². The minimum atomic E-state index is -4.66. The lowest BCUT2D eigenvalue weighted by Crippen LogP contribution is -2.31. The second-order valence-corrected chi connectivity index (χ2v) is 17.1. The van der Waals surface area contributed by atoms with Crippen LogP contribution in [0.15, 0.2) is 84.9 Å². The van der Waals surface area contributed by atoms with Crippen molar-refractivity contribution in [2.45, 2.75) is 80.8 Å². The van der Waals surface area contributed by atoms with E-state index in [4.69, 9.17) is 15.2 Å². The topological polar surface area (TPSA) is 98.9 Å². The molecule has 0 aliphatic heterocycles. The molecule has 3 N–H and O–H groups in total. The fourth-order valence-electron chi connectivity index (χ4n) is 7.96. The van der Waals surface area contributed by atoms with Crippen molar-refractivity contribution in [3.8, 4) is 33.8 Å². The monoisotopic (exact) mass is 671 g/mol. The first-order valence-corrected chi connectivity index (χ1v) is 19.8. The van der Waals surface area contributed by atoms with E-state index in [9.17, 15) is 13.0 Å². The Morgan fingerprint density at radius 3 is 1.70 bits per heavy atom. The normalized spacial score (nSPS) is 17.0. The van der Waals surface area contributed by atoms with Gasteiger partial charge in [0, 0.05) is 11.3 Å². The van der Waals surface area contributed by atoms with Crippen LogP contribution < -0.4 is 20.5 Å². The summed E-state index contributed by atoms with van der Waals surface area (Å²) in [6.07, 6.45) is 11.7. The third-order valence-electron chi connectivity index (χ3n) is 10.0. The minimum absolute atomic E-state index is 0.463.